The summed E-state index contributed by atoms with van der Waals surface area (Å²) in [4.78, 5) is 0. The van der Waals surface area contributed by atoms with Gasteiger partial charge in [0.15, 0.2) is 0 Å². The minimum atomic E-state index is -1.11. The van der Waals surface area contributed by atoms with Gasteiger partial charge in [0.25, 0.3) is 0 Å². The van der Waals surface area contributed by atoms with Crippen LogP contribution in [0.25, 0.3) is 0 Å². The quantitative estimate of drug-likeness (QED) is 0.762. The van der Waals surface area contributed by atoms with Gasteiger partial charge in [-0.05, 0) is 33.8 Å². The monoisotopic (exact) mass is 227 g/mol. The van der Waals surface area contributed by atoms with Crippen LogP contribution in [0, 0.1) is 0 Å². The molecule has 2 N–H and O–H groups in total. The number of benzene rings is 1. The second-order valence-corrected chi connectivity index (χ2v) is 5.33. The van der Waals surface area contributed by atoms with Crippen LogP contribution in [-0.2, 0) is 5.72 Å². The van der Waals surface area contributed by atoms with Crippen LogP contribution in [0.15, 0.2) is 24.3 Å². The molecule has 0 saturated heterocycles. The number of rotatable bonds is 2. The van der Waals surface area contributed by atoms with Crippen LogP contribution in [0.1, 0.15) is 33.3 Å². The molecule has 0 aromatic heterocycles. The maximum Gasteiger partial charge on any atom is 0.141 e. The lowest BCUT2D eigenvalue weighted by Gasteiger charge is -2.34. The van der Waals surface area contributed by atoms with E-state index >= 15 is 0 Å². The molecule has 15 heavy (non-hydrogen) atoms. The zero-order valence-electron chi connectivity index (χ0n) is 9.63. The topological polar surface area (TPSA) is 32.3 Å². The average Bonchev–Trinajstić information content (AvgIpc) is 1.99. The third kappa shape index (κ3) is 3.49. The van der Waals surface area contributed by atoms with E-state index in [1.807, 2.05) is 39.0 Å². The second kappa shape index (κ2) is 4.12. The Morgan fingerprint density at radius 1 is 1.13 bits per heavy atom. The molecule has 2 nitrogen and oxygen atoms in total. The Bertz CT molecular complexity index is 342. The highest BCUT2D eigenvalue weighted by Crippen LogP contribution is 2.27. The summed E-state index contributed by atoms with van der Waals surface area (Å²) in [6.07, 6.45) is 0. The van der Waals surface area contributed by atoms with Crippen LogP contribution in [0.2, 0.25) is 5.02 Å². The van der Waals surface area contributed by atoms with Gasteiger partial charge in [-0.15, -0.1) is 0 Å². The molecule has 0 aliphatic heterocycles. The van der Waals surface area contributed by atoms with E-state index in [2.05, 4.69) is 5.32 Å². The van der Waals surface area contributed by atoms with E-state index in [1.165, 1.54) is 0 Å². The number of nitrogens with one attached hydrogen (secondary N) is 1. The van der Waals surface area contributed by atoms with E-state index in [1.54, 1.807) is 13.0 Å². The minimum absolute atomic E-state index is 0.178. The smallest absolute Gasteiger partial charge is 0.141 e. The minimum Gasteiger partial charge on any atom is -0.372 e. The summed E-state index contributed by atoms with van der Waals surface area (Å²) in [6, 6.07) is 7.30. The third-order valence-electron chi connectivity index (χ3n) is 2.02. The van der Waals surface area contributed by atoms with Gasteiger partial charge < -0.3 is 5.11 Å². The van der Waals surface area contributed by atoms with E-state index in [0.29, 0.717) is 10.6 Å². The van der Waals surface area contributed by atoms with Crippen molar-refractivity contribution in [2.75, 3.05) is 0 Å². The van der Waals surface area contributed by atoms with Crippen LogP contribution in [0.5, 0.6) is 0 Å². The third-order valence-corrected chi connectivity index (χ3v) is 2.35. The molecule has 1 unspecified atom stereocenters. The van der Waals surface area contributed by atoms with Crippen LogP contribution in [0.4, 0.5) is 0 Å². The molecule has 0 saturated carbocycles. The SMILES string of the molecule is CC(C)(C)NC(C)(O)c1ccccc1Cl. The second-order valence-electron chi connectivity index (χ2n) is 4.93. The molecule has 0 aliphatic carbocycles. The van der Waals surface area contributed by atoms with Gasteiger partial charge in [-0.25, -0.2) is 0 Å². The van der Waals surface area contributed by atoms with Crippen molar-refractivity contribution in [3.8, 4) is 0 Å². The Morgan fingerprint density at radius 3 is 2.13 bits per heavy atom. The Labute approximate surface area is 96.3 Å². The van der Waals surface area contributed by atoms with Crippen LogP contribution >= 0.6 is 11.6 Å². The van der Waals surface area contributed by atoms with E-state index in [9.17, 15) is 5.11 Å². The molecular weight excluding hydrogens is 210 g/mol. The van der Waals surface area contributed by atoms with Gasteiger partial charge in [0.05, 0.1) is 0 Å². The highest BCUT2D eigenvalue weighted by Gasteiger charge is 2.29. The van der Waals surface area contributed by atoms with E-state index < -0.39 is 5.72 Å². The number of hydrogen-bond acceptors (Lipinski definition) is 2. The summed E-state index contributed by atoms with van der Waals surface area (Å²) in [7, 11) is 0. The zero-order valence-corrected chi connectivity index (χ0v) is 10.4. The first-order chi connectivity index (χ1) is 6.72. The van der Waals surface area contributed by atoms with Crippen molar-refractivity contribution < 1.29 is 5.11 Å². The van der Waals surface area contributed by atoms with Crippen LogP contribution < -0.4 is 5.32 Å². The summed E-state index contributed by atoms with van der Waals surface area (Å²) >= 11 is 6.04. The lowest BCUT2D eigenvalue weighted by molar-refractivity contribution is -0.00407. The molecule has 0 fully saturated rings. The fraction of sp³-hybridized carbons (Fsp3) is 0.500. The number of halogens is 1. The lowest BCUT2D eigenvalue weighted by Crippen LogP contribution is -2.50. The van der Waals surface area contributed by atoms with Gasteiger partial charge in [0.1, 0.15) is 5.72 Å². The summed E-state index contributed by atoms with van der Waals surface area (Å²) in [5, 5.41) is 14.0. The molecule has 0 amide bonds. The Morgan fingerprint density at radius 2 is 1.67 bits per heavy atom. The van der Waals surface area contributed by atoms with Crippen molar-refractivity contribution in [1.82, 2.24) is 5.32 Å². The first-order valence-electron chi connectivity index (χ1n) is 4.99. The van der Waals surface area contributed by atoms with E-state index in [0.717, 1.165) is 0 Å². The first-order valence-corrected chi connectivity index (χ1v) is 5.37. The van der Waals surface area contributed by atoms with Crippen LogP contribution in [0.3, 0.4) is 0 Å². The van der Waals surface area contributed by atoms with E-state index in [4.69, 9.17) is 11.6 Å². The van der Waals surface area contributed by atoms with Crippen molar-refractivity contribution in [2.45, 2.75) is 39.0 Å². The molecule has 1 atom stereocenters. The van der Waals surface area contributed by atoms with Gasteiger partial charge in [-0.1, -0.05) is 29.8 Å². The Balaban J connectivity index is 3.01. The highest BCUT2D eigenvalue weighted by atomic mass is 35.5. The molecule has 0 spiro atoms. The van der Waals surface area contributed by atoms with Gasteiger partial charge in [-0.3, -0.25) is 5.32 Å². The molecule has 1 rings (SSSR count). The normalized spacial score (nSPS) is 16.1. The van der Waals surface area contributed by atoms with Crippen LogP contribution in [-0.4, -0.2) is 10.6 Å². The molecular formula is C12H18ClNO. The fourth-order valence-electron chi connectivity index (χ4n) is 1.65. The van der Waals surface area contributed by atoms with Gasteiger partial charge in [0, 0.05) is 16.1 Å². The van der Waals surface area contributed by atoms with Crippen molar-refractivity contribution in [2.24, 2.45) is 0 Å². The zero-order chi connectivity index (χ0) is 11.7. The molecule has 3 heteroatoms. The molecule has 1 aromatic carbocycles. The number of hydrogen-bond donors (Lipinski definition) is 2. The molecule has 1 aromatic rings. The lowest BCUT2D eigenvalue weighted by atomic mass is 10.00. The summed E-state index contributed by atoms with van der Waals surface area (Å²) in [6.45, 7) is 7.70. The molecule has 0 bridgehead atoms. The molecule has 0 radical (unpaired) electrons. The molecule has 0 aliphatic rings. The van der Waals surface area contributed by atoms with Crippen molar-refractivity contribution in [3.63, 3.8) is 0 Å². The van der Waals surface area contributed by atoms with Gasteiger partial charge in [-0.2, -0.15) is 0 Å². The van der Waals surface area contributed by atoms with E-state index in [-0.39, 0.29) is 5.54 Å². The van der Waals surface area contributed by atoms with Crippen molar-refractivity contribution in [3.05, 3.63) is 34.9 Å². The van der Waals surface area contributed by atoms with Gasteiger partial charge >= 0.3 is 0 Å². The van der Waals surface area contributed by atoms with Crippen molar-refractivity contribution >= 4 is 11.6 Å². The first kappa shape index (κ1) is 12.5. The predicted molar refractivity (Wildman–Crippen MR) is 63.9 cm³/mol. The maximum absolute atomic E-state index is 10.3. The molecule has 84 valence electrons. The Hall–Kier alpha value is -0.570. The summed E-state index contributed by atoms with van der Waals surface area (Å²) in [5.74, 6) is 0. The number of aliphatic hydroxyl groups is 1. The summed E-state index contributed by atoms with van der Waals surface area (Å²) < 4.78 is 0. The standard InChI is InChI=1S/C12H18ClNO/c1-11(2,3)14-12(4,15)9-7-5-6-8-10(9)13/h5-8,14-15H,1-4H3. The van der Waals surface area contributed by atoms with Crippen molar-refractivity contribution in [1.29, 1.82) is 0 Å². The van der Waals surface area contributed by atoms with Gasteiger partial charge in [0.2, 0.25) is 0 Å². The molecule has 0 heterocycles. The Kier molecular flexibility index (Phi) is 3.44. The fourth-order valence-corrected chi connectivity index (χ4v) is 1.97. The average molecular weight is 228 g/mol. The summed E-state index contributed by atoms with van der Waals surface area (Å²) in [5.41, 5.74) is -0.596. The maximum atomic E-state index is 10.3. The predicted octanol–water partition coefficient (Wildman–Crippen LogP) is 2.89. The highest BCUT2D eigenvalue weighted by molar-refractivity contribution is 6.31. The largest absolute Gasteiger partial charge is 0.372 e.